The Hall–Kier alpha value is -2.41. The zero-order valence-electron chi connectivity index (χ0n) is 16.4. The third-order valence-electron chi connectivity index (χ3n) is 4.75. The number of amides is 2. The summed E-state index contributed by atoms with van der Waals surface area (Å²) in [5.41, 5.74) is 2.45. The Balaban J connectivity index is 2.01. The van der Waals surface area contributed by atoms with Crippen LogP contribution < -0.4 is 9.64 Å². The van der Waals surface area contributed by atoms with Gasteiger partial charge in [0.25, 0.3) is 5.91 Å². The first-order chi connectivity index (χ1) is 12.8. The van der Waals surface area contributed by atoms with E-state index in [4.69, 9.17) is 4.74 Å². The van der Waals surface area contributed by atoms with Crippen LogP contribution in [0.4, 0.5) is 5.69 Å². The van der Waals surface area contributed by atoms with Crippen molar-refractivity contribution in [3.8, 4) is 17.0 Å². The van der Waals surface area contributed by atoms with Gasteiger partial charge >= 0.3 is 0 Å². The Morgan fingerprint density at radius 1 is 1.30 bits per heavy atom. The molecule has 0 N–H and O–H groups in total. The molecule has 1 atom stereocenters. The molecular formula is C20H25N3O3S. The second kappa shape index (κ2) is 7.68. The summed E-state index contributed by atoms with van der Waals surface area (Å²) in [7, 11) is 0. The highest BCUT2D eigenvalue weighted by Crippen LogP contribution is 2.38. The van der Waals surface area contributed by atoms with Crippen molar-refractivity contribution in [1.82, 2.24) is 9.88 Å². The number of benzene rings is 1. The molecule has 1 aromatic carbocycles. The summed E-state index contributed by atoms with van der Waals surface area (Å²) in [6, 6.07) is 5.71. The van der Waals surface area contributed by atoms with Crippen molar-refractivity contribution in [3.63, 3.8) is 0 Å². The number of nitrogens with zero attached hydrogens (tertiary/aromatic N) is 3. The summed E-state index contributed by atoms with van der Waals surface area (Å²) in [4.78, 5) is 34.4. The molecule has 1 aliphatic heterocycles. The Bertz CT molecular complexity index is 873. The van der Waals surface area contributed by atoms with Gasteiger partial charge < -0.3 is 9.64 Å². The van der Waals surface area contributed by atoms with Crippen LogP contribution >= 0.6 is 11.3 Å². The second-order valence-electron chi connectivity index (χ2n) is 6.57. The van der Waals surface area contributed by atoms with Crippen molar-refractivity contribution >= 4 is 28.8 Å². The topological polar surface area (TPSA) is 62.7 Å². The number of hydrogen-bond acceptors (Lipinski definition) is 5. The molecule has 1 aromatic heterocycles. The lowest BCUT2D eigenvalue weighted by atomic mass is 10.1. The van der Waals surface area contributed by atoms with E-state index < -0.39 is 6.10 Å². The van der Waals surface area contributed by atoms with Gasteiger partial charge in [0, 0.05) is 23.5 Å². The maximum atomic E-state index is 12.8. The molecule has 0 bridgehead atoms. The van der Waals surface area contributed by atoms with Crippen molar-refractivity contribution in [2.45, 2.75) is 40.7 Å². The number of rotatable bonds is 5. The van der Waals surface area contributed by atoms with Crippen LogP contribution in [0.2, 0.25) is 0 Å². The van der Waals surface area contributed by atoms with Gasteiger partial charge in [-0.15, -0.1) is 11.3 Å². The third kappa shape index (κ3) is 3.69. The van der Waals surface area contributed by atoms with Crippen LogP contribution in [0, 0.1) is 13.8 Å². The van der Waals surface area contributed by atoms with E-state index in [0.29, 0.717) is 24.5 Å². The van der Waals surface area contributed by atoms with Gasteiger partial charge in [-0.05, 0) is 52.8 Å². The quantitative estimate of drug-likeness (QED) is 0.789. The molecule has 0 fully saturated rings. The van der Waals surface area contributed by atoms with E-state index in [1.54, 1.807) is 28.1 Å². The number of likely N-dealkylation sites (N-methyl/N-ethyl adjacent to an activating group) is 1. The molecule has 1 aliphatic rings. The van der Waals surface area contributed by atoms with Crippen LogP contribution in [0.3, 0.4) is 0 Å². The van der Waals surface area contributed by atoms with Gasteiger partial charge in [-0.1, -0.05) is 0 Å². The highest BCUT2D eigenvalue weighted by atomic mass is 32.1. The predicted molar refractivity (Wildman–Crippen MR) is 107 cm³/mol. The number of thiazole rings is 1. The molecule has 0 saturated heterocycles. The maximum Gasteiger partial charge on any atom is 0.268 e. The molecule has 0 saturated carbocycles. The average molecular weight is 388 g/mol. The molecule has 6 nitrogen and oxygen atoms in total. The van der Waals surface area contributed by atoms with Gasteiger partial charge in [-0.25, -0.2) is 4.98 Å². The highest BCUT2D eigenvalue weighted by molar-refractivity contribution is 7.11. The maximum absolute atomic E-state index is 12.8. The van der Waals surface area contributed by atoms with Gasteiger partial charge in [0.1, 0.15) is 12.3 Å². The number of ether oxygens (including phenoxy) is 1. The lowest BCUT2D eigenvalue weighted by Crippen LogP contribution is -2.49. The van der Waals surface area contributed by atoms with E-state index in [-0.39, 0.29) is 18.4 Å². The van der Waals surface area contributed by atoms with Crippen LogP contribution in [0.25, 0.3) is 11.3 Å². The minimum absolute atomic E-state index is 0.0136. The van der Waals surface area contributed by atoms with E-state index in [2.05, 4.69) is 4.98 Å². The van der Waals surface area contributed by atoms with Gasteiger partial charge in [0.15, 0.2) is 6.10 Å². The summed E-state index contributed by atoms with van der Waals surface area (Å²) >= 11 is 1.64. The Kier molecular flexibility index (Phi) is 5.51. The highest BCUT2D eigenvalue weighted by Gasteiger charge is 2.34. The largest absolute Gasteiger partial charge is 0.479 e. The number of carbonyl (C=O) groups excluding carboxylic acids is 2. The fourth-order valence-electron chi connectivity index (χ4n) is 3.33. The van der Waals surface area contributed by atoms with E-state index in [0.717, 1.165) is 21.1 Å². The average Bonchev–Trinajstić information content (AvgIpc) is 2.98. The lowest BCUT2D eigenvalue weighted by Gasteiger charge is -2.34. The minimum Gasteiger partial charge on any atom is -0.479 e. The second-order valence-corrected chi connectivity index (χ2v) is 7.98. The van der Waals surface area contributed by atoms with Crippen LogP contribution in [-0.4, -0.2) is 47.4 Å². The molecule has 0 radical (unpaired) electrons. The monoisotopic (exact) mass is 387 g/mol. The SMILES string of the molecule is CCN(CC)C(=O)CN1C(=O)C(C)Oc2ccc(-c3nc(C)sc3C)cc21. The number of aryl methyl sites for hydroxylation is 2. The third-order valence-corrected chi connectivity index (χ3v) is 5.64. The van der Waals surface area contributed by atoms with Crippen molar-refractivity contribution in [3.05, 3.63) is 28.1 Å². The van der Waals surface area contributed by atoms with Crippen molar-refractivity contribution in [2.24, 2.45) is 0 Å². The molecule has 2 heterocycles. The summed E-state index contributed by atoms with van der Waals surface area (Å²) in [5.74, 6) is 0.341. The van der Waals surface area contributed by atoms with Crippen molar-refractivity contribution < 1.29 is 14.3 Å². The van der Waals surface area contributed by atoms with Gasteiger partial charge in [-0.2, -0.15) is 0 Å². The first kappa shape index (κ1) is 19.4. The van der Waals surface area contributed by atoms with E-state index in [1.165, 1.54) is 0 Å². The number of carbonyl (C=O) groups is 2. The van der Waals surface area contributed by atoms with Gasteiger partial charge in [0.2, 0.25) is 5.91 Å². The van der Waals surface area contributed by atoms with E-state index in [1.807, 2.05) is 45.9 Å². The Morgan fingerprint density at radius 3 is 2.59 bits per heavy atom. The van der Waals surface area contributed by atoms with Crippen LogP contribution in [0.5, 0.6) is 5.75 Å². The van der Waals surface area contributed by atoms with Gasteiger partial charge in [0.05, 0.1) is 16.4 Å². The normalized spacial score (nSPS) is 16.1. The van der Waals surface area contributed by atoms with Crippen LogP contribution in [0.1, 0.15) is 30.7 Å². The lowest BCUT2D eigenvalue weighted by molar-refractivity contribution is -0.132. The molecule has 2 amide bonds. The number of fused-ring (bicyclic) bond motifs is 1. The first-order valence-corrected chi connectivity index (χ1v) is 10.0. The smallest absolute Gasteiger partial charge is 0.268 e. The first-order valence-electron chi connectivity index (χ1n) is 9.19. The number of aromatic nitrogens is 1. The molecule has 7 heteroatoms. The molecule has 3 rings (SSSR count). The van der Waals surface area contributed by atoms with Crippen molar-refractivity contribution in [1.29, 1.82) is 0 Å². The summed E-state index contributed by atoms with van der Waals surface area (Å²) in [5, 5.41) is 0.995. The number of hydrogen-bond donors (Lipinski definition) is 0. The molecule has 1 unspecified atom stereocenters. The van der Waals surface area contributed by atoms with Gasteiger partial charge in [-0.3, -0.25) is 14.5 Å². The fourth-order valence-corrected chi connectivity index (χ4v) is 4.17. The van der Waals surface area contributed by atoms with Crippen LogP contribution in [-0.2, 0) is 9.59 Å². The Labute approximate surface area is 163 Å². The Morgan fingerprint density at radius 2 is 2.00 bits per heavy atom. The fraction of sp³-hybridized carbons (Fsp3) is 0.450. The molecular weight excluding hydrogens is 362 g/mol. The summed E-state index contributed by atoms with van der Waals surface area (Å²) < 4.78 is 5.76. The molecule has 27 heavy (non-hydrogen) atoms. The van der Waals surface area contributed by atoms with Crippen LogP contribution in [0.15, 0.2) is 18.2 Å². The zero-order chi connectivity index (χ0) is 19.7. The van der Waals surface area contributed by atoms with E-state index in [9.17, 15) is 9.59 Å². The molecule has 0 aliphatic carbocycles. The molecule has 0 spiro atoms. The predicted octanol–water partition coefficient (Wildman–Crippen LogP) is 3.41. The minimum atomic E-state index is -0.615. The summed E-state index contributed by atoms with van der Waals surface area (Å²) in [6.07, 6.45) is -0.615. The number of anilines is 1. The zero-order valence-corrected chi connectivity index (χ0v) is 17.2. The van der Waals surface area contributed by atoms with Crippen molar-refractivity contribution in [2.75, 3.05) is 24.5 Å². The molecule has 2 aromatic rings. The molecule has 144 valence electrons. The summed E-state index contributed by atoms with van der Waals surface area (Å²) in [6.45, 7) is 10.8. The standard InChI is InChI=1S/C20H25N3O3S/c1-6-22(7-2)18(24)11-23-16-10-15(19-13(4)27-14(5)21-19)8-9-17(16)26-12(3)20(23)25/h8-10,12H,6-7,11H2,1-5H3. The van der Waals surface area contributed by atoms with E-state index >= 15 is 0 Å².